The molecule has 10 aromatic rings. The molecule has 52 heavy (non-hydrogen) atoms. The van der Waals surface area contributed by atoms with E-state index in [1.165, 1.54) is 0 Å². The number of benzene rings is 7. The van der Waals surface area contributed by atoms with E-state index in [-0.39, 0.29) is 0 Å². The van der Waals surface area contributed by atoms with Gasteiger partial charge in [0, 0.05) is 67.7 Å². The predicted octanol–water partition coefficient (Wildman–Crippen LogP) is 13.2. The van der Waals surface area contributed by atoms with Crippen LogP contribution in [0, 0.1) is 0 Å². The lowest BCUT2D eigenvalue weighted by Gasteiger charge is -2.26. The van der Waals surface area contributed by atoms with E-state index in [4.69, 9.17) is 14.4 Å². The normalized spacial score (nSPS) is 11.5. The summed E-state index contributed by atoms with van der Waals surface area (Å²) >= 11 is 0. The third-order valence-electron chi connectivity index (χ3n) is 9.94. The zero-order valence-corrected chi connectivity index (χ0v) is 28.1. The summed E-state index contributed by atoms with van der Waals surface area (Å²) in [5.74, 6) is 0. The van der Waals surface area contributed by atoms with Gasteiger partial charge in [-0.1, -0.05) is 109 Å². The predicted molar refractivity (Wildman–Crippen MR) is 215 cm³/mol. The number of hydrogen-bond donors (Lipinski definition) is 0. The Morgan fingerprint density at radius 3 is 1.44 bits per heavy atom. The molecule has 3 heterocycles. The van der Waals surface area contributed by atoms with Gasteiger partial charge in [-0.25, -0.2) is 0 Å². The Bertz CT molecular complexity index is 2770. The first-order chi connectivity index (χ1) is 25.7. The van der Waals surface area contributed by atoms with E-state index in [0.717, 1.165) is 94.2 Å². The van der Waals surface area contributed by atoms with E-state index in [0.29, 0.717) is 0 Å². The monoisotopic (exact) mass is 665 g/mol. The molecule has 0 atom stereocenters. The average Bonchev–Trinajstić information content (AvgIpc) is 3.61. The molecule has 0 radical (unpaired) electrons. The van der Waals surface area contributed by atoms with Crippen molar-refractivity contribution >= 4 is 60.8 Å². The largest absolute Gasteiger partial charge is 0.455 e. The van der Waals surface area contributed by atoms with E-state index in [1.807, 2.05) is 48.8 Å². The molecular weight excluding hydrogens is 635 g/mol. The van der Waals surface area contributed by atoms with E-state index >= 15 is 0 Å². The highest BCUT2D eigenvalue weighted by atomic mass is 16.3. The van der Waals surface area contributed by atoms with Gasteiger partial charge in [0.1, 0.15) is 11.2 Å². The number of nitrogens with zero attached hydrogens (tertiary/aromatic N) is 3. The SMILES string of the molecule is c1ccc2ncc(-c3ccc(N(c4ccc(-c5cnc6ccccc6c5)cc4)c4ccc(-c5cccc6c5oc5ccccc56)cc4)cc3)cc2c1. The maximum absolute atomic E-state index is 6.38. The van der Waals surface area contributed by atoms with Crippen LogP contribution < -0.4 is 4.90 Å². The molecule has 7 aromatic carbocycles. The summed E-state index contributed by atoms with van der Waals surface area (Å²) in [5.41, 5.74) is 13.6. The molecule has 0 aliphatic heterocycles. The highest BCUT2D eigenvalue weighted by Crippen LogP contribution is 2.40. The summed E-state index contributed by atoms with van der Waals surface area (Å²) in [4.78, 5) is 11.7. The molecule has 4 heteroatoms. The number of rotatable bonds is 6. The molecule has 0 spiro atoms. The number of aromatic nitrogens is 2. The van der Waals surface area contributed by atoms with Gasteiger partial charge >= 0.3 is 0 Å². The Labute approximate surface area is 300 Å². The molecule has 0 bridgehead atoms. The van der Waals surface area contributed by atoms with Crippen LogP contribution in [0.25, 0.3) is 77.1 Å². The Hall–Kier alpha value is -7.04. The van der Waals surface area contributed by atoms with E-state index in [2.05, 4.69) is 144 Å². The Balaban J connectivity index is 1.04. The minimum absolute atomic E-state index is 0.901. The van der Waals surface area contributed by atoms with Crippen molar-refractivity contribution in [3.63, 3.8) is 0 Å². The fourth-order valence-electron chi connectivity index (χ4n) is 7.28. The van der Waals surface area contributed by atoms with Gasteiger partial charge in [0.25, 0.3) is 0 Å². The second-order valence-corrected chi connectivity index (χ2v) is 13.1. The van der Waals surface area contributed by atoms with E-state index in [1.54, 1.807) is 0 Å². The molecule has 244 valence electrons. The summed E-state index contributed by atoms with van der Waals surface area (Å²) in [5, 5.41) is 4.52. The fraction of sp³-hybridized carbons (Fsp3) is 0. The van der Waals surface area contributed by atoms with Crippen molar-refractivity contribution in [2.75, 3.05) is 4.90 Å². The minimum atomic E-state index is 0.901. The molecule has 0 aliphatic carbocycles. The zero-order valence-electron chi connectivity index (χ0n) is 28.1. The minimum Gasteiger partial charge on any atom is -0.455 e. The van der Waals surface area contributed by atoms with Crippen molar-refractivity contribution in [2.45, 2.75) is 0 Å². The molecular formula is C48H31N3O. The molecule has 10 rings (SSSR count). The molecule has 3 aromatic heterocycles. The lowest BCUT2D eigenvalue weighted by Crippen LogP contribution is -2.09. The lowest BCUT2D eigenvalue weighted by atomic mass is 10.0. The van der Waals surface area contributed by atoms with E-state index < -0.39 is 0 Å². The van der Waals surface area contributed by atoms with Gasteiger partial charge in [0.2, 0.25) is 0 Å². The average molecular weight is 666 g/mol. The van der Waals surface area contributed by atoms with Gasteiger partial charge in [-0.2, -0.15) is 0 Å². The van der Waals surface area contributed by atoms with Crippen molar-refractivity contribution in [3.05, 3.63) is 188 Å². The first-order valence-corrected chi connectivity index (χ1v) is 17.5. The van der Waals surface area contributed by atoms with Crippen molar-refractivity contribution in [1.29, 1.82) is 0 Å². The molecule has 0 fully saturated rings. The number of fused-ring (bicyclic) bond motifs is 5. The second-order valence-electron chi connectivity index (χ2n) is 13.1. The van der Waals surface area contributed by atoms with Crippen LogP contribution in [0.2, 0.25) is 0 Å². The van der Waals surface area contributed by atoms with Gasteiger partial charge in [-0.3, -0.25) is 9.97 Å². The van der Waals surface area contributed by atoms with Gasteiger partial charge in [0.15, 0.2) is 0 Å². The molecule has 0 amide bonds. The van der Waals surface area contributed by atoms with Gasteiger partial charge < -0.3 is 9.32 Å². The van der Waals surface area contributed by atoms with Gasteiger partial charge in [-0.05, 0) is 83.4 Å². The van der Waals surface area contributed by atoms with Crippen LogP contribution in [-0.2, 0) is 0 Å². The number of pyridine rings is 2. The molecule has 0 unspecified atom stereocenters. The fourth-order valence-corrected chi connectivity index (χ4v) is 7.28. The van der Waals surface area contributed by atoms with Crippen molar-refractivity contribution < 1.29 is 4.42 Å². The summed E-state index contributed by atoms with van der Waals surface area (Å²) in [6.45, 7) is 0. The first-order valence-electron chi connectivity index (χ1n) is 17.5. The van der Waals surface area contributed by atoms with Crippen LogP contribution in [0.4, 0.5) is 17.1 Å². The molecule has 4 nitrogen and oxygen atoms in total. The molecule has 0 aliphatic rings. The van der Waals surface area contributed by atoms with Crippen LogP contribution in [0.1, 0.15) is 0 Å². The Morgan fingerprint density at radius 2 is 0.865 bits per heavy atom. The first kappa shape index (κ1) is 29.8. The van der Waals surface area contributed by atoms with Crippen LogP contribution in [-0.4, -0.2) is 9.97 Å². The van der Waals surface area contributed by atoms with Crippen molar-refractivity contribution in [2.24, 2.45) is 0 Å². The summed E-state index contributed by atoms with van der Waals surface area (Å²) in [7, 11) is 0. The summed E-state index contributed by atoms with van der Waals surface area (Å²) in [6.07, 6.45) is 3.91. The maximum atomic E-state index is 6.38. The standard InChI is InChI=1S/C48H31N3O/c1-4-13-45-35(8-1)28-37(30-49-45)32-16-22-39(23-17-32)51(40-24-18-33(19-25-40)38-29-36-9-2-5-14-46(36)50-31-38)41-26-20-34(21-27-41)42-11-7-12-44-43-10-3-6-15-47(43)52-48(42)44/h1-31H. The third-order valence-corrected chi connectivity index (χ3v) is 9.94. The number of hydrogen-bond acceptors (Lipinski definition) is 4. The van der Waals surface area contributed by atoms with Crippen LogP contribution in [0.15, 0.2) is 193 Å². The number of para-hydroxylation sites is 4. The second kappa shape index (κ2) is 12.4. The van der Waals surface area contributed by atoms with Gasteiger partial charge in [0.05, 0.1) is 11.0 Å². The highest BCUT2D eigenvalue weighted by molar-refractivity contribution is 6.09. The van der Waals surface area contributed by atoms with Crippen molar-refractivity contribution in [3.8, 4) is 33.4 Å². The topological polar surface area (TPSA) is 42.2 Å². The lowest BCUT2D eigenvalue weighted by molar-refractivity contribution is 0.670. The van der Waals surface area contributed by atoms with Gasteiger partial charge in [-0.15, -0.1) is 0 Å². The molecule has 0 saturated carbocycles. The van der Waals surface area contributed by atoms with Crippen molar-refractivity contribution in [1.82, 2.24) is 9.97 Å². The Morgan fingerprint density at radius 1 is 0.385 bits per heavy atom. The highest BCUT2D eigenvalue weighted by Gasteiger charge is 2.16. The summed E-state index contributed by atoms with van der Waals surface area (Å²) < 4.78 is 6.38. The zero-order chi connectivity index (χ0) is 34.4. The third kappa shape index (κ3) is 5.26. The number of furan rings is 1. The van der Waals surface area contributed by atoms with Crippen LogP contribution in [0.5, 0.6) is 0 Å². The summed E-state index contributed by atoms with van der Waals surface area (Å²) in [6, 6.07) is 61.7. The quantitative estimate of drug-likeness (QED) is 0.177. The molecule has 0 saturated heterocycles. The smallest absolute Gasteiger partial charge is 0.143 e. The molecule has 0 N–H and O–H groups in total. The number of anilines is 3. The van der Waals surface area contributed by atoms with Crippen LogP contribution >= 0.6 is 0 Å². The van der Waals surface area contributed by atoms with Crippen LogP contribution in [0.3, 0.4) is 0 Å². The maximum Gasteiger partial charge on any atom is 0.143 e. The van der Waals surface area contributed by atoms with E-state index in [9.17, 15) is 0 Å². The Kier molecular flexibility index (Phi) is 7.10.